The van der Waals surface area contributed by atoms with Crippen molar-refractivity contribution in [3.8, 4) is 0 Å². The van der Waals surface area contributed by atoms with Crippen LogP contribution in [0.25, 0.3) is 5.70 Å². The molecule has 33 heavy (non-hydrogen) atoms. The van der Waals surface area contributed by atoms with Gasteiger partial charge in [-0.2, -0.15) is 0 Å². The number of benzene rings is 3. The Bertz CT molecular complexity index is 1340. The van der Waals surface area contributed by atoms with E-state index in [0.717, 1.165) is 16.9 Å². The summed E-state index contributed by atoms with van der Waals surface area (Å²) in [5, 5.41) is 6.67. The molecule has 3 aliphatic heterocycles. The van der Waals surface area contributed by atoms with Crippen LogP contribution in [0.1, 0.15) is 5.56 Å². The number of hydrogen-bond donors (Lipinski definition) is 2. The Hall–Kier alpha value is -4.39. The lowest BCUT2D eigenvalue weighted by molar-refractivity contribution is -0.144. The number of hydrogen-bond acceptors (Lipinski definition) is 5. The number of piperazine rings is 1. The molecular formula is C26H20N4O3. The van der Waals surface area contributed by atoms with Crippen LogP contribution in [0, 0.1) is 0 Å². The highest BCUT2D eigenvalue weighted by molar-refractivity contribution is 6.50. The van der Waals surface area contributed by atoms with Crippen LogP contribution in [-0.2, 0) is 14.4 Å². The Morgan fingerprint density at radius 1 is 0.727 bits per heavy atom. The highest BCUT2D eigenvalue weighted by Gasteiger charge is 2.65. The molecule has 0 aliphatic carbocycles. The molecule has 3 heterocycles. The van der Waals surface area contributed by atoms with Crippen LogP contribution in [-0.4, -0.2) is 41.2 Å². The molecular weight excluding hydrogens is 416 g/mol. The van der Waals surface area contributed by atoms with Crippen LogP contribution in [0.4, 0.5) is 17.1 Å². The predicted octanol–water partition coefficient (Wildman–Crippen LogP) is 3.09. The number of fused-ring (bicyclic) bond motifs is 1. The largest absolute Gasteiger partial charge is 0.353 e. The summed E-state index contributed by atoms with van der Waals surface area (Å²) in [5.74, 6) is -1.71. The number of rotatable bonds is 2. The zero-order valence-corrected chi connectivity index (χ0v) is 17.6. The lowest BCUT2D eigenvalue weighted by Gasteiger charge is -2.45. The van der Waals surface area contributed by atoms with Crippen molar-refractivity contribution < 1.29 is 14.4 Å². The molecule has 6 rings (SSSR count). The highest BCUT2D eigenvalue weighted by Crippen LogP contribution is 2.46. The third-order valence-electron chi connectivity index (χ3n) is 6.42. The minimum atomic E-state index is -1.65. The van der Waals surface area contributed by atoms with E-state index < -0.39 is 17.4 Å². The first kappa shape index (κ1) is 19.3. The van der Waals surface area contributed by atoms with Crippen LogP contribution in [0.3, 0.4) is 0 Å². The summed E-state index contributed by atoms with van der Waals surface area (Å²) in [5.41, 5.74) is 1.73. The van der Waals surface area contributed by atoms with Gasteiger partial charge in [0.15, 0.2) is 0 Å². The SMILES string of the molecule is O=C1C(=O)N2CCN(c3ccccc3)C(=O)C23Nc2ccccc2NC(c2ccccc2)=C13. The predicted molar refractivity (Wildman–Crippen MR) is 125 cm³/mol. The summed E-state index contributed by atoms with van der Waals surface area (Å²) in [6.45, 7) is 0.528. The van der Waals surface area contributed by atoms with Crippen molar-refractivity contribution >= 4 is 40.4 Å². The molecule has 0 saturated carbocycles. The fraction of sp³-hybridized carbons (Fsp3) is 0.115. The second-order valence-corrected chi connectivity index (χ2v) is 8.20. The summed E-state index contributed by atoms with van der Waals surface area (Å²) in [6.07, 6.45) is 0. The molecule has 1 unspecified atom stereocenters. The number of nitrogens with one attached hydrogen (secondary N) is 2. The van der Waals surface area contributed by atoms with E-state index in [9.17, 15) is 14.4 Å². The van der Waals surface area contributed by atoms with Gasteiger partial charge in [0.05, 0.1) is 22.6 Å². The molecule has 2 N–H and O–H groups in total. The standard InChI is InChI=1S/C26H20N4O3/c31-23-21-22(17-9-3-1-4-10-17)27-19-13-7-8-14-20(19)28-26(21)25(33)29(15-16-30(26)24(23)32)18-11-5-2-6-12-18/h1-14,27-28H,15-16H2. The number of ketones is 1. The number of anilines is 3. The number of carbonyl (C=O) groups excluding carboxylic acids is 3. The van der Waals surface area contributed by atoms with Crippen molar-refractivity contribution in [1.82, 2.24) is 4.90 Å². The van der Waals surface area contributed by atoms with Crippen molar-refractivity contribution in [1.29, 1.82) is 0 Å². The minimum Gasteiger partial charge on any atom is -0.353 e. The molecule has 2 fully saturated rings. The first-order chi connectivity index (χ1) is 16.1. The maximum Gasteiger partial charge on any atom is 0.297 e. The zero-order valence-electron chi connectivity index (χ0n) is 17.6. The maximum absolute atomic E-state index is 14.2. The third kappa shape index (κ3) is 2.65. The van der Waals surface area contributed by atoms with E-state index in [0.29, 0.717) is 17.9 Å². The van der Waals surface area contributed by atoms with E-state index in [4.69, 9.17) is 0 Å². The number of nitrogens with zero attached hydrogens (tertiary/aromatic N) is 2. The molecule has 0 aromatic heterocycles. The number of amides is 2. The van der Waals surface area contributed by atoms with Gasteiger partial charge in [0.1, 0.15) is 0 Å². The summed E-state index contributed by atoms with van der Waals surface area (Å²) in [7, 11) is 0. The van der Waals surface area contributed by atoms with Crippen molar-refractivity contribution in [2.45, 2.75) is 5.66 Å². The van der Waals surface area contributed by atoms with E-state index >= 15 is 0 Å². The molecule has 1 atom stereocenters. The molecule has 2 amide bonds. The van der Waals surface area contributed by atoms with E-state index in [2.05, 4.69) is 10.6 Å². The quantitative estimate of drug-likeness (QED) is 0.604. The van der Waals surface area contributed by atoms with E-state index in [1.54, 1.807) is 4.90 Å². The smallest absolute Gasteiger partial charge is 0.297 e. The molecule has 3 aromatic carbocycles. The topological polar surface area (TPSA) is 81.8 Å². The third-order valence-corrected chi connectivity index (χ3v) is 6.42. The normalized spacial score (nSPS) is 21.6. The summed E-state index contributed by atoms with van der Waals surface area (Å²) in [4.78, 5) is 44.0. The van der Waals surface area contributed by atoms with Crippen molar-refractivity contribution in [3.05, 3.63) is 96.1 Å². The number of carbonyl (C=O) groups is 3. The molecule has 7 nitrogen and oxygen atoms in total. The minimum absolute atomic E-state index is 0.125. The van der Waals surface area contributed by atoms with Crippen molar-refractivity contribution in [3.63, 3.8) is 0 Å². The lowest BCUT2D eigenvalue weighted by atomic mass is 9.91. The van der Waals surface area contributed by atoms with Gasteiger partial charge >= 0.3 is 0 Å². The first-order valence-electron chi connectivity index (χ1n) is 10.8. The fourth-order valence-electron chi connectivity index (χ4n) is 4.92. The maximum atomic E-state index is 14.2. The average molecular weight is 436 g/mol. The Labute approximate surface area is 190 Å². The van der Waals surface area contributed by atoms with Gasteiger partial charge in [-0.25, -0.2) is 0 Å². The molecule has 1 spiro atoms. The Morgan fingerprint density at radius 3 is 2.09 bits per heavy atom. The number of para-hydroxylation sites is 3. The van der Waals surface area contributed by atoms with Crippen LogP contribution in [0.15, 0.2) is 90.5 Å². The summed E-state index contributed by atoms with van der Waals surface area (Å²) in [6, 6.07) is 26.1. The molecule has 7 heteroatoms. The number of Topliss-reactive ketones (excluding diaryl/α,β-unsaturated/α-hetero) is 1. The highest BCUT2D eigenvalue weighted by atomic mass is 16.2. The van der Waals surface area contributed by atoms with Gasteiger partial charge < -0.3 is 15.5 Å². The molecule has 162 valence electrons. The van der Waals surface area contributed by atoms with Gasteiger partial charge in [0, 0.05) is 18.8 Å². The van der Waals surface area contributed by atoms with E-state index in [1.807, 2.05) is 84.9 Å². The van der Waals surface area contributed by atoms with Gasteiger partial charge in [-0.3, -0.25) is 19.3 Å². The molecule has 3 aliphatic rings. The zero-order chi connectivity index (χ0) is 22.6. The van der Waals surface area contributed by atoms with Gasteiger partial charge in [-0.15, -0.1) is 0 Å². The van der Waals surface area contributed by atoms with Gasteiger partial charge in [0.2, 0.25) is 5.66 Å². The lowest BCUT2D eigenvalue weighted by Crippen LogP contribution is -2.68. The molecule has 3 aromatic rings. The first-order valence-corrected chi connectivity index (χ1v) is 10.8. The Balaban J connectivity index is 1.65. The molecule has 2 saturated heterocycles. The Kier molecular flexibility index (Phi) is 4.13. The van der Waals surface area contributed by atoms with Crippen LogP contribution < -0.4 is 15.5 Å². The van der Waals surface area contributed by atoms with Crippen LogP contribution in [0.5, 0.6) is 0 Å². The van der Waals surface area contributed by atoms with Crippen LogP contribution in [0.2, 0.25) is 0 Å². The summed E-state index contributed by atoms with van der Waals surface area (Å²) >= 11 is 0. The van der Waals surface area contributed by atoms with Crippen molar-refractivity contribution in [2.24, 2.45) is 0 Å². The second kappa shape index (κ2) is 7.06. The van der Waals surface area contributed by atoms with Gasteiger partial charge in [0.25, 0.3) is 17.6 Å². The van der Waals surface area contributed by atoms with Crippen LogP contribution >= 0.6 is 0 Å². The second-order valence-electron chi connectivity index (χ2n) is 8.20. The van der Waals surface area contributed by atoms with E-state index in [1.165, 1.54) is 4.90 Å². The average Bonchev–Trinajstić information content (AvgIpc) is 2.98. The van der Waals surface area contributed by atoms with Gasteiger partial charge in [-0.05, 0) is 29.8 Å². The van der Waals surface area contributed by atoms with Gasteiger partial charge in [-0.1, -0.05) is 60.7 Å². The molecule has 0 bridgehead atoms. The molecule has 0 radical (unpaired) electrons. The fourth-order valence-corrected chi connectivity index (χ4v) is 4.92. The van der Waals surface area contributed by atoms with Crippen molar-refractivity contribution in [2.75, 3.05) is 28.6 Å². The summed E-state index contributed by atoms with van der Waals surface area (Å²) < 4.78 is 0. The monoisotopic (exact) mass is 436 g/mol. The van der Waals surface area contributed by atoms with E-state index in [-0.39, 0.29) is 18.0 Å². The Morgan fingerprint density at radius 2 is 1.36 bits per heavy atom.